The Bertz CT molecular complexity index is 224. The van der Waals surface area contributed by atoms with Crippen molar-refractivity contribution >= 4 is 0 Å². The zero-order valence-electron chi connectivity index (χ0n) is 12.0. The molecule has 2 aliphatic carbocycles. The predicted octanol–water partition coefficient (Wildman–Crippen LogP) is 4.37. The summed E-state index contributed by atoms with van der Waals surface area (Å²) in [5.41, 5.74) is 0. The highest BCUT2D eigenvalue weighted by molar-refractivity contribution is 4.90. The van der Waals surface area contributed by atoms with Gasteiger partial charge in [0.25, 0.3) is 0 Å². The molecule has 0 heterocycles. The maximum absolute atomic E-state index is 4.05. The van der Waals surface area contributed by atoms with Crippen LogP contribution in [0.2, 0.25) is 0 Å². The van der Waals surface area contributed by atoms with Crippen LogP contribution in [0.25, 0.3) is 0 Å². The van der Waals surface area contributed by atoms with Crippen molar-refractivity contribution in [2.45, 2.75) is 84.2 Å². The highest BCUT2D eigenvalue weighted by atomic mass is 15.0. The first kappa shape index (κ1) is 13.4. The summed E-state index contributed by atoms with van der Waals surface area (Å²) in [5.74, 6) is 2.75. The fourth-order valence-electron chi connectivity index (χ4n) is 4.18. The van der Waals surface area contributed by atoms with Crippen LogP contribution in [0.5, 0.6) is 0 Å². The first-order valence-electron chi connectivity index (χ1n) is 7.98. The molecule has 4 atom stereocenters. The minimum atomic E-state index is 0.820. The summed E-state index contributed by atoms with van der Waals surface area (Å²) in [4.78, 5) is 0. The fraction of sp³-hybridized carbons (Fsp3) is 1.00. The molecule has 17 heavy (non-hydrogen) atoms. The third-order valence-corrected chi connectivity index (χ3v) is 5.29. The van der Waals surface area contributed by atoms with Crippen molar-refractivity contribution in [2.75, 3.05) is 0 Å². The first-order chi connectivity index (χ1) is 8.22. The van der Waals surface area contributed by atoms with Crippen molar-refractivity contribution in [3.8, 4) is 0 Å². The van der Waals surface area contributed by atoms with E-state index in [1.807, 2.05) is 0 Å². The number of nitrogens with one attached hydrogen (secondary N) is 1. The normalized spacial score (nSPS) is 38.8. The smallest absolute Gasteiger partial charge is 0.0100 e. The van der Waals surface area contributed by atoms with Crippen LogP contribution in [0.1, 0.15) is 72.1 Å². The molecule has 2 rings (SSSR count). The lowest BCUT2D eigenvalue weighted by Crippen LogP contribution is -2.47. The standard InChI is InChI=1S/C16H31N/c1-4-13-8-7-11-15(13)17-16-10-6-5-9-14(16)12(2)3/h12-17H,4-11H2,1-3H3. The van der Waals surface area contributed by atoms with E-state index in [0.717, 1.165) is 29.8 Å². The topological polar surface area (TPSA) is 12.0 Å². The van der Waals surface area contributed by atoms with E-state index in [0.29, 0.717) is 0 Å². The molecule has 2 aliphatic rings. The Hall–Kier alpha value is -0.0400. The van der Waals surface area contributed by atoms with Crippen molar-refractivity contribution in [1.29, 1.82) is 0 Å². The molecule has 0 radical (unpaired) electrons. The molecule has 0 aliphatic heterocycles. The molecule has 0 aromatic carbocycles. The molecule has 0 bridgehead atoms. The molecule has 0 aromatic heterocycles. The summed E-state index contributed by atoms with van der Waals surface area (Å²) >= 11 is 0. The molecule has 100 valence electrons. The Kier molecular flexibility index (Phi) is 4.90. The molecule has 0 saturated heterocycles. The molecule has 0 amide bonds. The quantitative estimate of drug-likeness (QED) is 0.765. The van der Waals surface area contributed by atoms with Gasteiger partial charge in [0.15, 0.2) is 0 Å². The van der Waals surface area contributed by atoms with Gasteiger partial charge in [-0.1, -0.05) is 46.5 Å². The van der Waals surface area contributed by atoms with E-state index in [1.165, 1.54) is 51.4 Å². The summed E-state index contributed by atoms with van der Waals surface area (Å²) < 4.78 is 0. The van der Waals surface area contributed by atoms with Gasteiger partial charge in [-0.3, -0.25) is 0 Å². The van der Waals surface area contributed by atoms with Gasteiger partial charge in [-0.2, -0.15) is 0 Å². The van der Waals surface area contributed by atoms with Gasteiger partial charge >= 0.3 is 0 Å². The summed E-state index contributed by atoms with van der Waals surface area (Å²) in [6.45, 7) is 7.19. The van der Waals surface area contributed by atoms with Gasteiger partial charge in [0.05, 0.1) is 0 Å². The van der Waals surface area contributed by atoms with Crippen molar-refractivity contribution < 1.29 is 0 Å². The maximum atomic E-state index is 4.05. The molecule has 4 unspecified atom stereocenters. The Balaban J connectivity index is 1.91. The Morgan fingerprint density at radius 3 is 2.35 bits per heavy atom. The van der Waals surface area contributed by atoms with E-state index < -0.39 is 0 Å². The molecule has 0 aromatic rings. The molecule has 2 saturated carbocycles. The second-order valence-electron chi connectivity index (χ2n) is 6.67. The van der Waals surface area contributed by atoms with Crippen LogP contribution in [0, 0.1) is 17.8 Å². The zero-order chi connectivity index (χ0) is 12.3. The van der Waals surface area contributed by atoms with E-state index in [9.17, 15) is 0 Å². The number of hydrogen-bond donors (Lipinski definition) is 1. The summed E-state index contributed by atoms with van der Waals surface area (Å²) in [6, 6.07) is 1.66. The van der Waals surface area contributed by atoms with Crippen LogP contribution in [-0.4, -0.2) is 12.1 Å². The molecule has 1 heteroatoms. The monoisotopic (exact) mass is 237 g/mol. The van der Waals surface area contributed by atoms with E-state index in [-0.39, 0.29) is 0 Å². The lowest BCUT2D eigenvalue weighted by atomic mass is 9.77. The highest BCUT2D eigenvalue weighted by Gasteiger charge is 2.32. The summed E-state index contributed by atoms with van der Waals surface area (Å²) in [6.07, 6.45) is 11.5. The van der Waals surface area contributed by atoms with Gasteiger partial charge in [-0.15, -0.1) is 0 Å². The average Bonchev–Trinajstić information content (AvgIpc) is 2.77. The van der Waals surface area contributed by atoms with E-state index in [2.05, 4.69) is 26.1 Å². The largest absolute Gasteiger partial charge is 0.311 e. The van der Waals surface area contributed by atoms with Crippen LogP contribution in [0.15, 0.2) is 0 Å². The summed E-state index contributed by atoms with van der Waals surface area (Å²) in [7, 11) is 0. The lowest BCUT2D eigenvalue weighted by Gasteiger charge is -2.38. The van der Waals surface area contributed by atoms with Crippen molar-refractivity contribution in [3.63, 3.8) is 0 Å². The molecular formula is C16H31N. The molecule has 1 N–H and O–H groups in total. The SMILES string of the molecule is CCC1CCCC1NC1CCCCC1C(C)C. The van der Waals surface area contributed by atoms with Crippen LogP contribution < -0.4 is 5.32 Å². The van der Waals surface area contributed by atoms with E-state index in [4.69, 9.17) is 0 Å². The zero-order valence-corrected chi connectivity index (χ0v) is 12.0. The van der Waals surface area contributed by atoms with Gasteiger partial charge in [0.1, 0.15) is 0 Å². The summed E-state index contributed by atoms with van der Waals surface area (Å²) in [5, 5.41) is 4.05. The van der Waals surface area contributed by atoms with Crippen molar-refractivity contribution in [2.24, 2.45) is 17.8 Å². The van der Waals surface area contributed by atoms with Gasteiger partial charge in [0, 0.05) is 12.1 Å². The molecule has 0 spiro atoms. The Morgan fingerprint density at radius 2 is 1.65 bits per heavy atom. The van der Waals surface area contributed by atoms with Gasteiger partial charge < -0.3 is 5.32 Å². The predicted molar refractivity (Wildman–Crippen MR) is 75.1 cm³/mol. The molecule has 2 fully saturated rings. The Labute approximate surface area is 108 Å². The van der Waals surface area contributed by atoms with Crippen LogP contribution >= 0.6 is 0 Å². The van der Waals surface area contributed by atoms with E-state index in [1.54, 1.807) is 0 Å². The Morgan fingerprint density at radius 1 is 0.941 bits per heavy atom. The number of hydrogen-bond acceptors (Lipinski definition) is 1. The van der Waals surface area contributed by atoms with E-state index >= 15 is 0 Å². The third kappa shape index (κ3) is 3.24. The fourth-order valence-corrected chi connectivity index (χ4v) is 4.18. The maximum Gasteiger partial charge on any atom is 0.0100 e. The van der Waals surface area contributed by atoms with Crippen molar-refractivity contribution in [1.82, 2.24) is 5.32 Å². The van der Waals surface area contributed by atoms with Crippen molar-refractivity contribution in [3.05, 3.63) is 0 Å². The first-order valence-corrected chi connectivity index (χ1v) is 7.98. The van der Waals surface area contributed by atoms with Gasteiger partial charge in [-0.05, 0) is 43.4 Å². The minimum Gasteiger partial charge on any atom is -0.311 e. The average molecular weight is 237 g/mol. The van der Waals surface area contributed by atoms with Gasteiger partial charge in [0.2, 0.25) is 0 Å². The van der Waals surface area contributed by atoms with Crippen LogP contribution in [-0.2, 0) is 0 Å². The highest BCUT2D eigenvalue weighted by Crippen LogP contribution is 2.34. The lowest BCUT2D eigenvalue weighted by molar-refractivity contribution is 0.181. The van der Waals surface area contributed by atoms with Gasteiger partial charge in [-0.25, -0.2) is 0 Å². The number of rotatable bonds is 4. The second-order valence-corrected chi connectivity index (χ2v) is 6.67. The second kappa shape index (κ2) is 6.22. The van der Waals surface area contributed by atoms with Crippen LogP contribution in [0.3, 0.4) is 0 Å². The molecule has 1 nitrogen and oxygen atoms in total. The third-order valence-electron chi connectivity index (χ3n) is 5.29. The van der Waals surface area contributed by atoms with Crippen LogP contribution in [0.4, 0.5) is 0 Å². The molecular weight excluding hydrogens is 206 g/mol. The minimum absolute atomic E-state index is 0.820.